The van der Waals surface area contributed by atoms with Gasteiger partial charge in [0.25, 0.3) is 0 Å². The second kappa shape index (κ2) is 5.17. The van der Waals surface area contributed by atoms with Crippen molar-refractivity contribution in [1.82, 2.24) is 5.43 Å². The van der Waals surface area contributed by atoms with Crippen LogP contribution in [-0.2, 0) is 4.74 Å². The lowest BCUT2D eigenvalue weighted by Gasteiger charge is -2.24. The Morgan fingerprint density at radius 3 is 2.76 bits per heavy atom. The van der Waals surface area contributed by atoms with Gasteiger partial charge in [0.1, 0.15) is 0 Å². The molecular formula is C14H22N2O. The predicted octanol–water partition coefficient (Wildman–Crippen LogP) is 2.23. The van der Waals surface area contributed by atoms with Crippen LogP contribution in [-0.4, -0.2) is 12.7 Å². The summed E-state index contributed by atoms with van der Waals surface area (Å²) in [5.74, 6) is 6.21. The fourth-order valence-corrected chi connectivity index (χ4v) is 2.66. The molecule has 0 aromatic heterocycles. The molecule has 3 nitrogen and oxygen atoms in total. The van der Waals surface area contributed by atoms with E-state index in [0.29, 0.717) is 12.0 Å². The van der Waals surface area contributed by atoms with Crippen molar-refractivity contribution in [2.75, 3.05) is 6.61 Å². The van der Waals surface area contributed by atoms with E-state index < -0.39 is 0 Å². The summed E-state index contributed by atoms with van der Waals surface area (Å²) in [6.07, 6.45) is 1.42. The van der Waals surface area contributed by atoms with Gasteiger partial charge in [-0.2, -0.15) is 0 Å². The van der Waals surface area contributed by atoms with E-state index >= 15 is 0 Å². The molecule has 0 aliphatic carbocycles. The first-order chi connectivity index (χ1) is 8.11. The van der Waals surface area contributed by atoms with Crippen molar-refractivity contribution in [1.29, 1.82) is 0 Å². The number of aryl methyl sites for hydroxylation is 2. The first-order valence-corrected chi connectivity index (χ1v) is 6.26. The maximum absolute atomic E-state index is 5.74. The third-order valence-electron chi connectivity index (χ3n) is 3.65. The Morgan fingerprint density at radius 2 is 2.18 bits per heavy atom. The minimum atomic E-state index is 0.194. The van der Waals surface area contributed by atoms with Gasteiger partial charge < -0.3 is 4.74 Å². The van der Waals surface area contributed by atoms with Crippen molar-refractivity contribution in [3.63, 3.8) is 0 Å². The van der Waals surface area contributed by atoms with E-state index in [9.17, 15) is 0 Å². The molecule has 17 heavy (non-hydrogen) atoms. The van der Waals surface area contributed by atoms with Crippen molar-refractivity contribution in [2.45, 2.75) is 39.3 Å². The van der Waals surface area contributed by atoms with Gasteiger partial charge in [-0.25, -0.2) is 0 Å². The van der Waals surface area contributed by atoms with Crippen LogP contribution in [0.1, 0.15) is 36.1 Å². The molecule has 0 amide bonds. The van der Waals surface area contributed by atoms with E-state index in [4.69, 9.17) is 10.6 Å². The number of benzene rings is 1. The van der Waals surface area contributed by atoms with Gasteiger partial charge in [-0.05, 0) is 38.3 Å². The van der Waals surface area contributed by atoms with Gasteiger partial charge >= 0.3 is 0 Å². The lowest BCUT2D eigenvalue weighted by Crippen LogP contribution is -2.34. The van der Waals surface area contributed by atoms with Crippen LogP contribution in [0.15, 0.2) is 18.2 Å². The third kappa shape index (κ3) is 2.68. The van der Waals surface area contributed by atoms with Gasteiger partial charge in [0.2, 0.25) is 0 Å². The normalized spacial score (nSPS) is 26.1. The Labute approximate surface area is 103 Å². The maximum Gasteiger partial charge on any atom is 0.0551 e. The molecule has 1 aliphatic rings. The van der Waals surface area contributed by atoms with E-state index in [0.717, 1.165) is 13.0 Å². The van der Waals surface area contributed by atoms with Crippen LogP contribution in [0.25, 0.3) is 0 Å². The molecule has 3 unspecified atom stereocenters. The summed E-state index contributed by atoms with van der Waals surface area (Å²) in [7, 11) is 0. The van der Waals surface area contributed by atoms with Crippen molar-refractivity contribution in [2.24, 2.45) is 11.8 Å². The van der Waals surface area contributed by atoms with Gasteiger partial charge in [0, 0.05) is 5.92 Å². The number of hydrogen-bond acceptors (Lipinski definition) is 3. The average Bonchev–Trinajstić information content (AvgIpc) is 2.71. The summed E-state index contributed by atoms with van der Waals surface area (Å²) in [6.45, 7) is 7.17. The monoisotopic (exact) mass is 234 g/mol. The molecule has 0 bridgehead atoms. The number of rotatable bonds is 3. The zero-order chi connectivity index (χ0) is 12.4. The molecule has 3 N–H and O–H groups in total. The average molecular weight is 234 g/mol. The van der Waals surface area contributed by atoms with Crippen LogP contribution in [0.2, 0.25) is 0 Å². The molecule has 1 aliphatic heterocycles. The van der Waals surface area contributed by atoms with Gasteiger partial charge in [0.05, 0.1) is 18.8 Å². The van der Waals surface area contributed by atoms with Gasteiger partial charge in [-0.3, -0.25) is 11.3 Å². The Kier molecular flexibility index (Phi) is 3.82. The summed E-state index contributed by atoms with van der Waals surface area (Å²) in [4.78, 5) is 0. The first kappa shape index (κ1) is 12.6. The summed E-state index contributed by atoms with van der Waals surface area (Å²) in [6, 6.07) is 6.72. The highest BCUT2D eigenvalue weighted by Gasteiger charge is 2.30. The minimum absolute atomic E-state index is 0.194. The Balaban J connectivity index is 2.25. The molecule has 1 aromatic carbocycles. The van der Waals surface area contributed by atoms with Crippen molar-refractivity contribution in [3.05, 3.63) is 34.9 Å². The quantitative estimate of drug-likeness (QED) is 0.623. The van der Waals surface area contributed by atoms with Gasteiger partial charge in [-0.1, -0.05) is 23.8 Å². The Morgan fingerprint density at radius 1 is 1.41 bits per heavy atom. The molecule has 0 spiro atoms. The van der Waals surface area contributed by atoms with Crippen LogP contribution in [0.5, 0.6) is 0 Å². The van der Waals surface area contributed by atoms with Crippen LogP contribution in [0, 0.1) is 19.8 Å². The third-order valence-corrected chi connectivity index (χ3v) is 3.65. The van der Waals surface area contributed by atoms with Crippen molar-refractivity contribution < 1.29 is 4.74 Å². The number of hydrazine groups is 1. The van der Waals surface area contributed by atoms with E-state index in [1.807, 2.05) is 0 Å². The first-order valence-electron chi connectivity index (χ1n) is 6.26. The van der Waals surface area contributed by atoms with E-state index in [1.54, 1.807) is 0 Å². The molecule has 3 atom stereocenters. The molecule has 1 heterocycles. The standard InChI is InChI=1S/C14H22N2O/c1-9-4-5-10(2)13(6-9)14(16-15)12-7-11(3)17-8-12/h4-6,11-12,14,16H,7-8,15H2,1-3H3. The molecule has 1 saturated heterocycles. The second-order valence-corrected chi connectivity index (χ2v) is 5.14. The summed E-state index contributed by atoms with van der Waals surface area (Å²) >= 11 is 0. The van der Waals surface area contributed by atoms with E-state index in [2.05, 4.69) is 44.4 Å². The number of nitrogens with one attached hydrogen (secondary N) is 1. The molecule has 1 fully saturated rings. The van der Waals surface area contributed by atoms with E-state index in [1.165, 1.54) is 16.7 Å². The second-order valence-electron chi connectivity index (χ2n) is 5.14. The summed E-state index contributed by atoms with van der Waals surface area (Å²) in [5, 5.41) is 0. The van der Waals surface area contributed by atoms with Crippen LogP contribution in [0.3, 0.4) is 0 Å². The molecule has 0 saturated carbocycles. The zero-order valence-corrected chi connectivity index (χ0v) is 10.9. The van der Waals surface area contributed by atoms with Gasteiger partial charge in [0.15, 0.2) is 0 Å². The highest BCUT2D eigenvalue weighted by Crippen LogP contribution is 2.32. The molecule has 94 valence electrons. The smallest absolute Gasteiger partial charge is 0.0551 e. The number of ether oxygens (including phenoxy) is 1. The fourth-order valence-electron chi connectivity index (χ4n) is 2.66. The predicted molar refractivity (Wildman–Crippen MR) is 69.5 cm³/mol. The number of nitrogens with two attached hydrogens (primary N) is 1. The van der Waals surface area contributed by atoms with Crippen LogP contribution >= 0.6 is 0 Å². The van der Waals surface area contributed by atoms with E-state index in [-0.39, 0.29) is 6.04 Å². The topological polar surface area (TPSA) is 47.3 Å². The molecule has 3 heteroatoms. The lowest BCUT2D eigenvalue weighted by molar-refractivity contribution is 0.117. The van der Waals surface area contributed by atoms with Crippen LogP contribution < -0.4 is 11.3 Å². The zero-order valence-electron chi connectivity index (χ0n) is 10.9. The molecular weight excluding hydrogens is 212 g/mol. The number of hydrogen-bond donors (Lipinski definition) is 2. The van der Waals surface area contributed by atoms with Gasteiger partial charge in [-0.15, -0.1) is 0 Å². The van der Waals surface area contributed by atoms with Crippen LogP contribution in [0.4, 0.5) is 0 Å². The highest BCUT2D eigenvalue weighted by atomic mass is 16.5. The largest absolute Gasteiger partial charge is 0.378 e. The maximum atomic E-state index is 5.74. The summed E-state index contributed by atoms with van der Waals surface area (Å²) < 4.78 is 5.64. The lowest BCUT2D eigenvalue weighted by atomic mass is 9.88. The Bertz CT molecular complexity index is 392. The highest BCUT2D eigenvalue weighted by molar-refractivity contribution is 5.33. The molecule has 1 aromatic rings. The minimum Gasteiger partial charge on any atom is -0.378 e. The SMILES string of the molecule is Cc1ccc(C)c(C(NN)C2COC(C)C2)c1. The van der Waals surface area contributed by atoms with Crippen molar-refractivity contribution >= 4 is 0 Å². The summed E-state index contributed by atoms with van der Waals surface area (Å²) in [5.41, 5.74) is 6.84. The molecule has 2 rings (SSSR count). The van der Waals surface area contributed by atoms with Crippen molar-refractivity contribution in [3.8, 4) is 0 Å². The fraction of sp³-hybridized carbons (Fsp3) is 0.571. The molecule has 0 radical (unpaired) electrons. The Hall–Kier alpha value is -0.900.